The Morgan fingerprint density at radius 2 is 1.87 bits per heavy atom. The zero-order chi connectivity index (χ0) is 39.9. The van der Waals surface area contributed by atoms with Crippen LogP contribution in [-0.4, -0.2) is 83.2 Å². The molecule has 13 nitrogen and oxygen atoms in total. The van der Waals surface area contributed by atoms with Gasteiger partial charge in [-0.25, -0.2) is 8.42 Å². The first-order valence-corrected chi connectivity index (χ1v) is 21.1. The average Bonchev–Trinajstić information content (AvgIpc) is 4.00. The summed E-state index contributed by atoms with van der Waals surface area (Å²) in [6.07, 6.45) is 8.70. The summed E-state index contributed by atoms with van der Waals surface area (Å²) in [5.74, 6) is -1.87. The van der Waals surface area contributed by atoms with Crippen molar-refractivity contribution in [2.24, 2.45) is 29.1 Å². The number of nitrogens with zero attached hydrogens (tertiary/aromatic N) is 3. The maximum absolute atomic E-state index is 15.0. The van der Waals surface area contributed by atoms with Crippen LogP contribution in [0.2, 0.25) is 0 Å². The van der Waals surface area contributed by atoms with Crippen molar-refractivity contribution >= 4 is 44.5 Å². The third-order valence-electron chi connectivity index (χ3n) is 12.0. The monoisotopic (exact) mass is 780 g/mol. The molecule has 1 saturated heterocycles. The molecule has 4 aliphatic rings. The van der Waals surface area contributed by atoms with Crippen LogP contribution in [0.5, 0.6) is 11.5 Å². The van der Waals surface area contributed by atoms with Gasteiger partial charge in [-0.15, -0.1) is 0 Å². The van der Waals surface area contributed by atoms with Crippen LogP contribution >= 0.6 is 0 Å². The number of rotatable bonds is 9. The number of amides is 2. The van der Waals surface area contributed by atoms with Crippen LogP contribution in [0.1, 0.15) is 106 Å². The normalized spacial score (nSPS) is 30.3. The molecule has 7 atom stereocenters. The van der Waals surface area contributed by atoms with Crippen molar-refractivity contribution in [3.63, 3.8) is 0 Å². The van der Waals surface area contributed by atoms with E-state index in [0.29, 0.717) is 54.5 Å². The highest BCUT2D eigenvalue weighted by Gasteiger charge is 2.62. The molecule has 3 heterocycles. The molecular formula is C41H56N4O9S. The number of carbonyl (C=O) groups is 4. The molecule has 2 aliphatic carbocycles. The second kappa shape index (κ2) is 15.5. The molecule has 3 fully saturated rings. The number of carbonyl (C=O) groups excluding carboxylic acids is 4. The number of allylic oxidation sites excluding steroid dienone is 2. The standard InChI is InChI=1S/C41H56N4O9S/c1-8-26-17-25(2)11-9-10-12-27-21-41(27,38(49)44-55(50,51)40(6)15-16-40)22-34(46)33-19-29(24-45(33)37(48)31(26)20-36(47)54-39(3,4)5)53-35-23-42-43-32-18-28(52-7)13-14-30(32)35/h10,12-14,18,23,25-27,29,31,33H,8-9,11,15-17,19-22,24H2,1-7H3,(H,44,49)/b12-10-/t25-,26-,27-,29-,31+,33+,41-/m1/s1. The molecule has 2 amide bonds. The van der Waals surface area contributed by atoms with Gasteiger partial charge in [0.05, 0.1) is 48.4 Å². The predicted molar refractivity (Wildman–Crippen MR) is 205 cm³/mol. The van der Waals surface area contributed by atoms with E-state index in [4.69, 9.17) is 14.2 Å². The molecule has 14 heteroatoms. The number of ether oxygens (including phenoxy) is 3. The number of fused-ring (bicyclic) bond motifs is 3. The van der Waals surface area contributed by atoms with E-state index in [1.54, 1.807) is 46.9 Å². The van der Waals surface area contributed by atoms with Crippen molar-refractivity contribution in [3.8, 4) is 11.5 Å². The van der Waals surface area contributed by atoms with Crippen molar-refractivity contribution < 1.29 is 41.8 Å². The third-order valence-corrected chi connectivity index (χ3v) is 14.2. The fourth-order valence-corrected chi connectivity index (χ4v) is 9.65. The Morgan fingerprint density at radius 3 is 2.55 bits per heavy atom. The molecule has 6 rings (SSSR count). The van der Waals surface area contributed by atoms with E-state index >= 15 is 0 Å². The summed E-state index contributed by atoms with van der Waals surface area (Å²) >= 11 is 0. The van der Waals surface area contributed by atoms with E-state index in [9.17, 15) is 27.6 Å². The number of sulfonamides is 1. The van der Waals surface area contributed by atoms with Crippen molar-refractivity contribution in [2.45, 2.75) is 128 Å². The number of methoxy groups -OCH3 is 1. The van der Waals surface area contributed by atoms with Gasteiger partial charge in [0.15, 0.2) is 5.78 Å². The van der Waals surface area contributed by atoms with Gasteiger partial charge in [0.25, 0.3) is 0 Å². The van der Waals surface area contributed by atoms with Crippen molar-refractivity contribution in [3.05, 3.63) is 36.5 Å². The summed E-state index contributed by atoms with van der Waals surface area (Å²) < 4.78 is 45.4. The molecule has 2 saturated carbocycles. The number of nitrogens with one attached hydrogen (secondary N) is 1. The molecule has 0 spiro atoms. The van der Waals surface area contributed by atoms with E-state index in [1.807, 2.05) is 25.1 Å². The highest BCUT2D eigenvalue weighted by atomic mass is 32.2. The summed E-state index contributed by atoms with van der Waals surface area (Å²) in [7, 11) is -2.39. The van der Waals surface area contributed by atoms with Crippen LogP contribution in [0, 0.1) is 29.1 Å². The number of hydrogen-bond acceptors (Lipinski definition) is 11. The number of aromatic nitrogens is 2. The maximum atomic E-state index is 15.0. The van der Waals surface area contributed by atoms with Crippen molar-refractivity contribution in [1.82, 2.24) is 19.8 Å². The lowest BCUT2D eigenvalue weighted by molar-refractivity contribution is -0.160. The fourth-order valence-electron chi connectivity index (χ4n) is 8.32. The van der Waals surface area contributed by atoms with Gasteiger partial charge in [-0.2, -0.15) is 10.2 Å². The third kappa shape index (κ3) is 8.84. The van der Waals surface area contributed by atoms with Crippen LogP contribution in [0.3, 0.4) is 0 Å². The Balaban J connectivity index is 1.36. The van der Waals surface area contributed by atoms with Crippen LogP contribution in [-0.2, 0) is 33.9 Å². The first-order valence-electron chi connectivity index (χ1n) is 19.6. The topological polar surface area (TPSA) is 171 Å². The van der Waals surface area contributed by atoms with Gasteiger partial charge in [0, 0.05) is 24.3 Å². The van der Waals surface area contributed by atoms with Crippen molar-refractivity contribution in [1.29, 1.82) is 0 Å². The molecule has 55 heavy (non-hydrogen) atoms. The Hall–Kier alpha value is -4.07. The molecule has 0 radical (unpaired) electrons. The average molecular weight is 781 g/mol. The minimum atomic E-state index is -3.95. The fraction of sp³-hybridized carbons (Fsp3) is 0.659. The van der Waals surface area contributed by atoms with E-state index in [-0.39, 0.29) is 55.3 Å². The van der Waals surface area contributed by atoms with Gasteiger partial charge in [-0.3, -0.25) is 23.9 Å². The Kier molecular flexibility index (Phi) is 11.4. The number of benzene rings is 1. The number of hydrogen-bond donors (Lipinski definition) is 1. The van der Waals surface area contributed by atoms with E-state index < -0.39 is 55.7 Å². The minimum absolute atomic E-state index is 0.0568. The molecule has 0 unspecified atom stereocenters. The molecule has 300 valence electrons. The quantitative estimate of drug-likeness (QED) is 0.245. The number of esters is 1. The molecule has 1 N–H and O–H groups in total. The minimum Gasteiger partial charge on any atom is -0.497 e. The lowest BCUT2D eigenvalue weighted by Gasteiger charge is -2.33. The Morgan fingerprint density at radius 1 is 1.13 bits per heavy atom. The molecule has 1 aromatic heterocycles. The first-order chi connectivity index (χ1) is 25.9. The highest BCUT2D eigenvalue weighted by Crippen LogP contribution is 2.58. The summed E-state index contributed by atoms with van der Waals surface area (Å²) in [4.78, 5) is 58.6. The van der Waals surface area contributed by atoms with Gasteiger partial charge < -0.3 is 19.1 Å². The number of ketones is 1. The lowest BCUT2D eigenvalue weighted by atomic mass is 9.79. The largest absolute Gasteiger partial charge is 0.497 e. The van der Waals surface area contributed by atoms with Gasteiger partial charge >= 0.3 is 5.97 Å². The van der Waals surface area contributed by atoms with Crippen LogP contribution in [0.15, 0.2) is 36.5 Å². The van der Waals surface area contributed by atoms with Gasteiger partial charge in [-0.05, 0) is 96.1 Å². The highest BCUT2D eigenvalue weighted by molar-refractivity contribution is 7.91. The number of Topliss-reactive ketones (excluding diaryl/α,β-unsaturated/α-hetero) is 1. The second-order valence-corrected chi connectivity index (χ2v) is 19.7. The molecule has 2 aromatic rings. The first kappa shape index (κ1) is 40.6. The molecule has 2 aliphatic heterocycles. The Bertz CT molecular complexity index is 1960. The van der Waals surface area contributed by atoms with Gasteiger partial charge in [-0.1, -0.05) is 32.4 Å². The maximum Gasteiger partial charge on any atom is 0.307 e. The predicted octanol–water partition coefficient (Wildman–Crippen LogP) is 5.70. The lowest BCUT2D eigenvalue weighted by Crippen LogP contribution is -2.48. The van der Waals surface area contributed by atoms with E-state index in [0.717, 1.165) is 12.8 Å². The molecular weight excluding hydrogens is 725 g/mol. The molecule has 1 aromatic carbocycles. The summed E-state index contributed by atoms with van der Waals surface area (Å²) in [5.41, 5.74) is -1.47. The van der Waals surface area contributed by atoms with E-state index in [1.165, 1.54) is 11.1 Å². The van der Waals surface area contributed by atoms with Crippen LogP contribution < -0.4 is 14.2 Å². The van der Waals surface area contributed by atoms with Crippen LogP contribution in [0.4, 0.5) is 0 Å². The van der Waals surface area contributed by atoms with E-state index in [2.05, 4.69) is 21.8 Å². The molecule has 0 bridgehead atoms. The van der Waals surface area contributed by atoms with Gasteiger partial charge in [0.1, 0.15) is 28.7 Å². The smallest absolute Gasteiger partial charge is 0.307 e. The Labute approximate surface area is 324 Å². The summed E-state index contributed by atoms with van der Waals surface area (Å²) in [5, 5.41) is 9.01. The van der Waals surface area contributed by atoms with Crippen molar-refractivity contribution in [2.75, 3.05) is 13.7 Å². The summed E-state index contributed by atoms with van der Waals surface area (Å²) in [6, 6.07) is 4.35. The SMILES string of the molecule is CC[C@@H]1C[C@H](C)CC/C=C\[C@@H]2C[C@@]2(C(=O)NS(=O)(=O)C2(C)CC2)CC(=O)[C@@H]2C[C@@H](Oc3cnnc4cc(OC)ccc34)CN2C(=O)[C@H]1CC(=O)OC(C)(C)C. The summed E-state index contributed by atoms with van der Waals surface area (Å²) in [6.45, 7) is 11.2. The van der Waals surface area contributed by atoms with Gasteiger partial charge in [0.2, 0.25) is 21.8 Å². The second-order valence-electron chi connectivity index (χ2n) is 17.5. The van der Waals surface area contributed by atoms with Crippen LogP contribution in [0.25, 0.3) is 10.9 Å². The zero-order valence-corrected chi connectivity index (χ0v) is 33.9. The zero-order valence-electron chi connectivity index (χ0n) is 33.1.